The van der Waals surface area contributed by atoms with Crippen LogP contribution < -0.4 is 14.8 Å². The predicted octanol–water partition coefficient (Wildman–Crippen LogP) is 5.35. The summed E-state index contributed by atoms with van der Waals surface area (Å²) in [6.07, 6.45) is 5.80. The molecule has 1 N–H and O–H groups in total. The van der Waals surface area contributed by atoms with Crippen LogP contribution in [-0.4, -0.2) is 38.1 Å². The zero-order valence-electron chi connectivity index (χ0n) is 17.8. The molecule has 0 aliphatic carbocycles. The lowest BCUT2D eigenvalue weighted by molar-refractivity contribution is -0.111. The lowest BCUT2D eigenvalue weighted by Crippen LogP contribution is -2.32. The van der Waals surface area contributed by atoms with Crippen LogP contribution in [0.25, 0.3) is 6.08 Å². The number of anilines is 1. The number of ether oxygens (including phenoxy) is 2. The van der Waals surface area contributed by atoms with Crippen LogP contribution in [0.15, 0.2) is 46.9 Å². The second kappa shape index (κ2) is 10.6. The highest BCUT2D eigenvalue weighted by Crippen LogP contribution is 2.36. The lowest BCUT2D eigenvalue weighted by atomic mass is 9.99. The van der Waals surface area contributed by atoms with Gasteiger partial charge >= 0.3 is 0 Å². The third-order valence-corrected chi connectivity index (χ3v) is 5.98. The lowest BCUT2D eigenvalue weighted by Gasteiger charge is -2.30. The number of nitrogens with one attached hydrogen (secondary N) is 1. The molecule has 160 valence electrons. The van der Waals surface area contributed by atoms with Crippen molar-refractivity contribution >= 4 is 33.6 Å². The number of nitrogens with zero attached hydrogens (tertiary/aromatic N) is 1. The van der Waals surface area contributed by atoms with Gasteiger partial charge in [-0.25, -0.2) is 0 Å². The Balaban J connectivity index is 1.56. The maximum absolute atomic E-state index is 12.3. The Morgan fingerprint density at radius 1 is 1.17 bits per heavy atom. The fourth-order valence-corrected chi connectivity index (χ4v) is 4.18. The highest BCUT2D eigenvalue weighted by Gasteiger charge is 2.15. The number of piperidine rings is 1. The first kappa shape index (κ1) is 22.4. The first-order valence-electron chi connectivity index (χ1n) is 10.2. The molecule has 0 atom stereocenters. The van der Waals surface area contributed by atoms with Crippen LogP contribution in [0.3, 0.4) is 0 Å². The molecule has 1 saturated heterocycles. The third-order valence-electron chi connectivity index (χ3n) is 5.39. The Hall–Kier alpha value is -2.31. The molecule has 0 unspecified atom stereocenters. The van der Waals surface area contributed by atoms with E-state index in [0.717, 1.165) is 41.3 Å². The molecule has 2 aromatic rings. The number of hydrogen-bond acceptors (Lipinski definition) is 4. The molecule has 1 aliphatic heterocycles. The average molecular weight is 473 g/mol. The Bertz CT molecular complexity index is 888. The molecule has 0 spiro atoms. The van der Waals surface area contributed by atoms with E-state index < -0.39 is 0 Å². The molecular weight excluding hydrogens is 444 g/mol. The standard InChI is InChI=1S/C24H29BrN2O3/c1-17-10-12-27(13-11-17)16-18-4-7-20(8-5-18)26-23(28)9-6-19-14-21(25)24(30-3)22(15-19)29-2/h4-9,14-15,17H,10-13,16H2,1-3H3,(H,26,28)/b9-6+. The monoisotopic (exact) mass is 472 g/mol. The summed E-state index contributed by atoms with van der Waals surface area (Å²) in [5.74, 6) is 1.88. The van der Waals surface area contributed by atoms with E-state index in [2.05, 4.69) is 45.2 Å². The number of methoxy groups -OCH3 is 2. The van der Waals surface area contributed by atoms with Crippen LogP contribution >= 0.6 is 15.9 Å². The van der Waals surface area contributed by atoms with Crippen LogP contribution in [0.2, 0.25) is 0 Å². The minimum absolute atomic E-state index is 0.182. The van der Waals surface area contributed by atoms with E-state index in [1.807, 2.05) is 24.3 Å². The molecule has 6 heteroatoms. The van der Waals surface area contributed by atoms with E-state index in [1.54, 1.807) is 20.3 Å². The largest absolute Gasteiger partial charge is 0.493 e. The zero-order valence-corrected chi connectivity index (χ0v) is 19.4. The van der Waals surface area contributed by atoms with Crippen molar-refractivity contribution in [3.05, 3.63) is 58.1 Å². The molecule has 0 saturated carbocycles. The molecule has 0 radical (unpaired) electrons. The van der Waals surface area contributed by atoms with Crippen molar-refractivity contribution in [3.63, 3.8) is 0 Å². The number of hydrogen-bond donors (Lipinski definition) is 1. The van der Waals surface area contributed by atoms with Crippen molar-refractivity contribution < 1.29 is 14.3 Å². The molecular formula is C24H29BrN2O3. The number of carbonyl (C=O) groups is 1. The maximum Gasteiger partial charge on any atom is 0.248 e. The van der Waals surface area contributed by atoms with E-state index >= 15 is 0 Å². The number of rotatable bonds is 7. The van der Waals surface area contributed by atoms with Gasteiger partial charge in [0.1, 0.15) is 0 Å². The van der Waals surface area contributed by atoms with Crippen LogP contribution in [-0.2, 0) is 11.3 Å². The van der Waals surface area contributed by atoms with Gasteiger partial charge in [-0.2, -0.15) is 0 Å². The zero-order chi connectivity index (χ0) is 21.5. The molecule has 3 rings (SSSR count). The van der Waals surface area contributed by atoms with Crippen LogP contribution in [0.4, 0.5) is 5.69 Å². The van der Waals surface area contributed by atoms with Gasteiger partial charge in [0, 0.05) is 18.3 Å². The summed E-state index contributed by atoms with van der Waals surface area (Å²) in [6, 6.07) is 11.8. The first-order chi connectivity index (χ1) is 14.5. The van der Waals surface area contributed by atoms with Crippen molar-refractivity contribution in [2.24, 2.45) is 5.92 Å². The minimum atomic E-state index is -0.182. The second-order valence-corrected chi connectivity index (χ2v) is 8.57. The average Bonchev–Trinajstić information content (AvgIpc) is 2.75. The van der Waals surface area contributed by atoms with Crippen molar-refractivity contribution in [3.8, 4) is 11.5 Å². The molecule has 1 amide bonds. The summed E-state index contributed by atoms with van der Waals surface area (Å²) in [6.45, 7) is 5.62. The summed E-state index contributed by atoms with van der Waals surface area (Å²) in [7, 11) is 3.17. The van der Waals surface area contributed by atoms with Gasteiger partial charge in [-0.1, -0.05) is 19.1 Å². The molecule has 0 aromatic heterocycles. The highest BCUT2D eigenvalue weighted by molar-refractivity contribution is 9.10. The Morgan fingerprint density at radius 2 is 1.87 bits per heavy atom. The number of likely N-dealkylation sites (tertiary alicyclic amines) is 1. The Kier molecular flexibility index (Phi) is 7.94. The highest BCUT2D eigenvalue weighted by atomic mass is 79.9. The topological polar surface area (TPSA) is 50.8 Å². The first-order valence-corrected chi connectivity index (χ1v) is 11.0. The number of carbonyl (C=O) groups excluding carboxylic acids is 1. The van der Waals surface area contributed by atoms with Gasteiger partial charge in [-0.15, -0.1) is 0 Å². The molecule has 1 heterocycles. The maximum atomic E-state index is 12.3. The molecule has 5 nitrogen and oxygen atoms in total. The van der Waals surface area contributed by atoms with Gasteiger partial charge in [-0.3, -0.25) is 9.69 Å². The number of benzene rings is 2. The van der Waals surface area contributed by atoms with Crippen LogP contribution in [0.5, 0.6) is 11.5 Å². The van der Waals surface area contributed by atoms with E-state index in [-0.39, 0.29) is 5.91 Å². The van der Waals surface area contributed by atoms with Crippen molar-refractivity contribution in [2.75, 3.05) is 32.6 Å². The van der Waals surface area contributed by atoms with Crippen LogP contribution in [0.1, 0.15) is 30.9 Å². The Labute approximate surface area is 187 Å². The van der Waals surface area contributed by atoms with E-state index in [1.165, 1.54) is 24.5 Å². The fraction of sp³-hybridized carbons (Fsp3) is 0.375. The summed E-state index contributed by atoms with van der Waals surface area (Å²) >= 11 is 3.46. The smallest absolute Gasteiger partial charge is 0.248 e. The van der Waals surface area contributed by atoms with Crippen molar-refractivity contribution in [1.29, 1.82) is 0 Å². The van der Waals surface area contributed by atoms with Gasteiger partial charge in [0.2, 0.25) is 5.91 Å². The predicted molar refractivity (Wildman–Crippen MR) is 125 cm³/mol. The number of amides is 1. The molecule has 0 bridgehead atoms. The summed E-state index contributed by atoms with van der Waals surface area (Å²) in [5, 5.41) is 2.91. The summed E-state index contributed by atoms with van der Waals surface area (Å²) in [4.78, 5) is 14.8. The SMILES string of the molecule is COc1cc(/C=C/C(=O)Nc2ccc(CN3CCC(C)CC3)cc2)cc(Br)c1OC. The summed E-state index contributed by atoms with van der Waals surface area (Å²) in [5.41, 5.74) is 2.89. The minimum Gasteiger partial charge on any atom is -0.493 e. The fourth-order valence-electron chi connectivity index (χ4n) is 3.56. The molecule has 30 heavy (non-hydrogen) atoms. The number of halogens is 1. The molecule has 1 fully saturated rings. The van der Waals surface area contributed by atoms with Gasteiger partial charge in [0.15, 0.2) is 11.5 Å². The Morgan fingerprint density at radius 3 is 2.50 bits per heavy atom. The second-order valence-electron chi connectivity index (χ2n) is 7.72. The molecule has 2 aromatic carbocycles. The third kappa shape index (κ3) is 6.09. The van der Waals surface area contributed by atoms with Gasteiger partial charge in [-0.05, 0) is 89.2 Å². The van der Waals surface area contributed by atoms with Crippen molar-refractivity contribution in [2.45, 2.75) is 26.3 Å². The van der Waals surface area contributed by atoms with Gasteiger partial charge < -0.3 is 14.8 Å². The van der Waals surface area contributed by atoms with Crippen LogP contribution in [0, 0.1) is 5.92 Å². The van der Waals surface area contributed by atoms with E-state index in [9.17, 15) is 4.79 Å². The molecule has 1 aliphatic rings. The summed E-state index contributed by atoms with van der Waals surface area (Å²) < 4.78 is 11.4. The van der Waals surface area contributed by atoms with Gasteiger partial charge in [0.25, 0.3) is 0 Å². The van der Waals surface area contributed by atoms with E-state index in [4.69, 9.17) is 9.47 Å². The van der Waals surface area contributed by atoms with Gasteiger partial charge in [0.05, 0.1) is 18.7 Å². The van der Waals surface area contributed by atoms with Crippen molar-refractivity contribution in [1.82, 2.24) is 4.90 Å². The normalized spacial score (nSPS) is 15.3. The quantitative estimate of drug-likeness (QED) is 0.551. The van der Waals surface area contributed by atoms with E-state index in [0.29, 0.717) is 11.5 Å².